The Bertz CT molecular complexity index is 379. The molecular formula is C18H32N2O. The maximum absolute atomic E-state index is 6.59. The van der Waals surface area contributed by atoms with Gasteiger partial charge in [0.25, 0.3) is 0 Å². The van der Waals surface area contributed by atoms with E-state index in [-0.39, 0.29) is 5.54 Å². The molecule has 0 radical (unpaired) electrons. The Labute approximate surface area is 130 Å². The van der Waals surface area contributed by atoms with Gasteiger partial charge in [-0.1, -0.05) is 38.8 Å². The van der Waals surface area contributed by atoms with Gasteiger partial charge in [0.1, 0.15) is 5.75 Å². The third-order valence-electron chi connectivity index (χ3n) is 3.96. The van der Waals surface area contributed by atoms with E-state index in [2.05, 4.69) is 37.8 Å². The van der Waals surface area contributed by atoms with Gasteiger partial charge in [-0.25, -0.2) is 0 Å². The Balaban J connectivity index is 2.72. The maximum atomic E-state index is 6.59. The first-order valence-corrected chi connectivity index (χ1v) is 8.19. The lowest BCUT2D eigenvalue weighted by molar-refractivity contribution is 0.211. The molecule has 1 rings (SSSR count). The Hall–Kier alpha value is -1.06. The number of methoxy groups -OCH3 is 1. The quantitative estimate of drug-likeness (QED) is 0.713. The molecule has 1 atom stereocenters. The van der Waals surface area contributed by atoms with Crippen LogP contribution in [0.1, 0.15) is 52.0 Å². The van der Waals surface area contributed by atoms with E-state index in [1.54, 1.807) is 7.11 Å². The molecule has 0 bridgehead atoms. The van der Waals surface area contributed by atoms with Crippen molar-refractivity contribution in [3.63, 3.8) is 0 Å². The molecule has 0 aromatic heterocycles. The van der Waals surface area contributed by atoms with E-state index >= 15 is 0 Å². The average molecular weight is 292 g/mol. The van der Waals surface area contributed by atoms with Gasteiger partial charge < -0.3 is 15.4 Å². The summed E-state index contributed by atoms with van der Waals surface area (Å²) in [5.74, 6) is 0.878. The summed E-state index contributed by atoms with van der Waals surface area (Å²) in [5.41, 5.74) is 7.43. The molecule has 120 valence electrons. The molecule has 1 aromatic carbocycles. The van der Waals surface area contributed by atoms with Crippen molar-refractivity contribution in [3.8, 4) is 5.75 Å². The van der Waals surface area contributed by atoms with Crippen molar-refractivity contribution < 1.29 is 4.74 Å². The summed E-state index contributed by atoms with van der Waals surface area (Å²) >= 11 is 0. The molecule has 0 heterocycles. The third kappa shape index (κ3) is 6.06. The topological polar surface area (TPSA) is 38.5 Å². The molecular weight excluding hydrogens is 260 g/mol. The maximum Gasteiger partial charge on any atom is 0.118 e. The molecule has 3 nitrogen and oxygen atoms in total. The molecule has 0 aliphatic rings. The van der Waals surface area contributed by atoms with Crippen molar-refractivity contribution >= 4 is 0 Å². The van der Waals surface area contributed by atoms with E-state index in [1.165, 1.54) is 31.2 Å². The van der Waals surface area contributed by atoms with Crippen molar-refractivity contribution in [2.24, 2.45) is 5.73 Å². The summed E-state index contributed by atoms with van der Waals surface area (Å²) < 4.78 is 5.22. The van der Waals surface area contributed by atoms with Crippen molar-refractivity contribution in [2.45, 2.75) is 52.0 Å². The zero-order chi connectivity index (χ0) is 15.7. The second kappa shape index (κ2) is 9.06. The first kappa shape index (κ1) is 18.0. The number of hydrogen-bond donors (Lipinski definition) is 1. The lowest BCUT2D eigenvalue weighted by atomic mass is 9.92. The molecule has 0 saturated heterocycles. The molecule has 3 heteroatoms. The molecule has 0 fully saturated rings. The van der Waals surface area contributed by atoms with Gasteiger partial charge in [-0.05, 0) is 50.6 Å². The summed E-state index contributed by atoms with van der Waals surface area (Å²) in [6.07, 6.45) is 4.93. The first-order chi connectivity index (χ1) is 10.0. The van der Waals surface area contributed by atoms with Crippen LogP contribution in [-0.2, 0) is 5.54 Å². The normalized spacial score (nSPS) is 14.2. The molecule has 0 saturated carbocycles. The molecule has 1 aromatic rings. The SMILES string of the molecule is CCCCN(CCCC)CC(C)(N)c1ccc(OC)cc1. The van der Waals surface area contributed by atoms with Gasteiger partial charge >= 0.3 is 0 Å². The Morgan fingerprint density at radius 2 is 1.57 bits per heavy atom. The van der Waals surface area contributed by atoms with Crippen molar-refractivity contribution in [3.05, 3.63) is 29.8 Å². The van der Waals surface area contributed by atoms with Gasteiger partial charge in [-0.15, -0.1) is 0 Å². The highest BCUT2D eigenvalue weighted by Crippen LogP contribution is 2.22. The highest BCUT2D eigenvalue weighted by atomic mass is 16.5. The summed E-state index contributed by atoms with van der Waals surface area (Å²) in [6, 6.07) is 8.14. The molecule has 0 aliphatic heterocycles. The lowest BCUT2D eigenvalue weighted by Crippen LogP contribution is -2.46. The minimum absolute atomic E-state index is 0.326. The van der Waals surface area contributed by atoms with Crippen molar-refractivity contribution in [1.29, 1.82) is 0 Å². The Kier molecular flexibility index (Phi) is 7.76. The molecule has 21 heavy (non-hydrogen) atoms. The number of unbranched alkanes of at least 4 members (excludes halogenated alkanes) is 2. The van der Waals surface area contributed by atoms with Crippen LogP contribution in [0.3, 0.4) is 0 Å². The zero-order valence-electron chi connectivity index (χ0n) is 14.2. The molecule has 1 unspecified atom stereocenters. The van der Waals surface area contributed by atoms with Crippen LogP contribution in [0, 0.1) is 0 Å². The van der Waals surface area contributed by atoms with Crippen LogP contribution >= 0.6 is 0 Å². The number of hydrogen-bond acceptors (Lipinski definition) is 3. The van der Waals surface area contributed by atoms with Gasteiger partial charge in [-0.3, -0.25) is 0 Å². The minimum atomic E-state index is -0.326. The lowest BCUT2D eigenvalue weighted by Gasteiger charge is -2.33. The summed E-state index contributed by atoms with van der Waals surface area (Å²) in [6.45, 7) is 9.78. The van der Waals surface area contributed by atoms with E-state index in [4.69, 9.17) is 10.5 Å². The molecule has 0 aliphatic carbocycles. The van der Waals surface area contributed by atoms with E-state index < -0.39 is 0 Å². The van der Waals surface area contributed by atoms with E-state index in [0.29, 0.717) is 0 Å². The van der Waals surface area contributed by atoms with Gasteiger partial charge in [0.15, 0.2) is 0 Å². The van der Waals surface area contributed by atoms with Gasteiger partial charge in [-0.2, -0.15) is 0 Å². The van der Waals surface area contributed by atoms with Crippen LogP contribution in [-0.4, -0.2) is 31.6 Å². The van der Waals surface area contributed by atoms with Crippen LogP contribution in [0.15, 0.2) is 24.3 Å². The van der Waals surface area contributed by atoms with Gasteiger partial charge in [0.2, 0.25) is 0 Å². The molecule has 0 spiro atoms. The van der Waals surface area contributed by atoms with Crippen LogP contribution < -0.4 is 10.5 Å². The summed E-state index contributed by atoms with van der Waals surface area (Å²) in [5, 5.41) is 0. The predicted molar refractivity (Wildman–Crippen MR) is 90.8 cm³/mol. The highest BCUT2D eigenvalue weighted by Gasteiger charge is 2.24. The second-order valence-electron chi connectivity index (χ2n) is 6.13. The third-order valence-corrected chi connectivity index (χ3v) is 3.96. The summed E-state index contributed by atoms with van der Waals surface area (Å²) in [4.78, 5) is 2.51. The van der Waals surface area contributed by atoms with Crippen LogP contribution in [0.5, 0.6) is 5.75 Å². The fraction of sp³-hybridized carbons (Fsp3) is 0.667. The van der Waals surface area contributed by atoms with E-state index in [0.717, 1.165) is 25.4 Å². The Morgan fingerprint density at radius 3 is 2.00 bits per heavy atom. The molecule has 2 N–H and O–H groups in total. The standard InChI is InChI=1S/C18H32N2O/c1-5-7-13-20(14-8-6-2)15-18(3,19)16-9-11-17(21-4)12-10-16/h9-12H,5-8,13-15,19H2,1-4H3. The summed E-state index contributed by atoms with van der Waals surface area (Å²) in [7, 11) is 1.69. The van der Waals surface area contributed by atoms with Gasteiger partial charge in [0, 0.05) is 6.54 Å². The zero-order valence-corrected chi connectivity index (χ0v) is 14.2. The largest absolute Gasteiger partial charge is 0.497 e. The smallest absolute Gasteiger partial charge is 0.118 e. The van der Waals surface area contributed by atoms with Crippen molar-refractivity contribution in [2.75, 3.05) is 26.7 Å². The average Bonchev–Trinajstić information content (AvgIpc) is 2.49. The van der Waals surface area contributed by atoms with E-state index in [9.17, 15) is 0 Å². The fourth-order valence-corrected chi connectivity index (χ4v) is 2.56. The van der Waals surface area contributed by atoms with Crippen LogP contribution in [0.2, 0.25) is 0 Å². The first-order valence-electron chi connectivity index (χ1n) is 8.19. The highest BCUT2D eigenvalue weighted by molar-refractivity contribution is 5.31. The Morgan fingerprint density at radius 1 is 1.05 bits per heavy atom. The number of ether oxygens (including phenoxy) is 1. The number of nitrogens with zero attached hydrogens (tertiary/aromatic N) is 1. The molecule has 0 amide bonds. The van der Waals surface area contributed by atoms with Crippen LogP contribution in [0.25, 0.3) is 0 Å². The van der Waals surface area contributed by atoms with Crippen LogP contribution in [0.4, 0.5) is 0 Å². The number of rotatable bonds is 10. The van der Waals surface area contributed by atoms with E-state index in [1.807, 2.05) is 12.1 Å². The van der Waals surface area contributed by atoms with Gasteiger partial charge in [0.05, 0.1) is 12.6 Å². The number of nitrogens with two attached hydrogens (primary N) is 1. The number of benzene rings is 1. The predicted octanol–water partition coefficient (Wildman–Crippen LogP) is 3.77. The monoisotopic (exact) mass is 292 g/mol. The minimum Gasteiger partial charge on any atom is -0.497 e. The van der Waals surface area contributed by atoms with Crippen molar-refractivity contribution in [1.82, 2.24) is 4.90 Å². The fourth-order valence-electron chi connectivity index (χ4n) is 2.56. The second-order valence-corrected chi connectivity index (χ2v) is 6.13.